The van der Waals surface area contributed by atoms with Gasteiger partial charge in [0.25, 0.3) is 11.8 Å². The van der Waals surface area contributed by atoms with Crippen LogP contribution in [-0.4, -0.2) is 53.0 Å². The maximum absolute atomic E-state index is 12.4. The summed E-state index contributed by atoms with van der Waals surface area (Å²) in [6.07, 6.45) is 5.39. The third kappa shape index (κ3) is 3.35. The van der Waals surface area contributed by atoms with Crippen LogP contribution in [-0.2, 0) is 4.74 Å². The molecule has 1 atom stereocenters. The van der Waals surface area contributed by atoms with Crippen LogP contribution in [0.25, 0.3) is 0 Å². The van der Waals surface area contributed by atoms with E-state index in [1.807, 2.05) is 0 Å². The smallest absolute Gasteiger partial charge is 0.289 e. The van der Waals surface area contributed by atoms with Gasteiger partial charge in [0.1, 0.15) is 5.69 Å². The Bertz CT molecular complexity index is 767. The van der Waals surface area contributed by atoms with Gasteiger partial charge in [0.05, 0.1) is 24.5 Å². The van der Waals surface area contributed by atoms with E-state index in [4.69, 9.17) is 9.15 Å². The van der Waals surface area contributed by atoms with E-state index in [1.54, 1.807) is 41.4 Å². The zero-order valence-electron chi connectivity index (χ0n) is 14.4. The number of aromatic nitrogens is 1. The molecule has 2 fully saturated rings. The molecule has 4 rings (SSSR count). The highest BCUT2D eigenvalue weighted by Gasteiger charge is 2.44. The van der Waals surface area contributed by atoms with Crippen molar-refractivity contribution in [2.45, 2.75) is 30.9 Å². The van der Waals surface area contributed by atoms with Crippen LogP contribution in [0.4, 0.5) is 0 Å². The highest BCUT2D eigenvalue weighted by molar-refractivity contribution is 5.92. The zero-order chi connectivity index (χ0) is 18.0. The van der Waals surface area contributed by atoms with Crippen LogP contribution in [0.2, 0.25) is 0 Å². The number of hydrogen-bond acceptors (Lipinski definition) is 5. The van der Waals surface area contributed by atoms with E-state index >= 15 is 0 Å². The Hall–Kier alpha value is -2.67. The molecule has 2 amide bonds. The molecule has 7 nitrogen and oxygen atoms in total. The molecule has 0 aliphatic carbocycles. The Morgan fingerprint density at radius 2 is 2.04 bits per heavy atom. The van der Waals surface area contributed by atoms with Crippen molar-refractivity contribution in [3.8, 4) is 0 Å². The van der Waals surface area contributed by atoms with Crippen molar-refractivity contribution in [2.75, 3.05) is 19.7 Å². The molecule has 0 radical (unpaired) electrons. The number of likely N-dealkylation sites (tertiary alicyclic amines) is 1. The van der Waals surface area contributed by atoms with Gasteiger partial charge in [0.15, 0.2) is 5.76 Å². The van der Waals surface area contributed by atoms with Crippen molar-refractivity contribution < 1.29 is 18.7 Å². The molecule has 0 bridgehead atoms. The highest BCUT2D eigenvalue weighted by atomic mass is 16.5. The second-order valence-corrected chi connectivity index (χ2v) is 6.85. The largest absolute Gasteiger partial charge is 0.459 e. The maximum atomic E-state index is 12.4. The first-order valence-corrected chi connectivity index (χ1v) is 8.84. The molecular weight excluding hydrogens is 334 g/mol. The molecule has 26 heavy (non-hydrogen) atoms. The van der Waals surface area contributed by atoms with Crippen LogP contribution in [0, 0.1) is 0 Å². The number of furan rings is 1. The molecule has 2 aromatic heterocycles. The summed E-state index contributed by atoms with van der Waals surface area (Å²) < 4.78 is 11.2. The van der Waals surface area contributed by atoms with Gasteiger partial charge in [0, 0.05) is 19.3 Å². The van der Waals surface area contributed by atoms with Gasteiger partial charge in [-0.1, -0.05) is 6.07 Å². The highest BCUT2D eigenvalue weighted by Crippen LogP contribution is 2.36. The summed E-state index contributed by atoms with van der Waals surface area (Å²) >= 11 is 0. The Morgan fingerprint density at radius 3 is 2.73 bits per heavy atom. The monoisotopic (exact) mass is 355 g/mol. The summed E-state index contributed by atoms with van der Waals surface area (Å²) in [7, 11) is 0. The molecule has 2 aromatic rings. The number of ether oxygens (including phenoxy) is 1. The van der Waals surface area contributed by atoms with E-state index in [9.17, 15) is 9.59 Å². The Kier molecular flexibility index (Phi) is 4.46. The van der Waals surface area contributed by atoms with Crippen LogP contribution in [0.1, 0.15) is 40.3 Å². The Labute approximate surface area is 151 Å². The lowest BCUT2D eigenvalue weighted by molar-refractivity contribution is -0.0393. The predicted octanol–water partition coefficient (Wildman–Crippen LogP) is 1.87. The summed E-state index contributed by atoms with van der Waals surface area (Å²) in [6, 6.07) is 8.63. The van der Waals surface area contributed by atoms with Gasteiger partial charge in [-0.2, -0.15) is 0 Å². The van der Waals surface area contributed by atoms with Gasteiger partial charge >= 0.3 is 0 Å². The van der Waals surface area contributed by atoms with E-state index < -0.39 is 0 Å². The number of hydrogen-bond donors (Lipinski definition) is 1. The van der Waals surface area contributed by atoms with Gasteiger partial charge in [0.2, 0.25) is 0 Å². The van der Waals surface area contributed by atoms with Gasteiger partial charge < -0.3 is 19.4 Å². The lowest BCUT2D eigenvalue weighted by atomic mass is 9.87. The first kappa shape index (κ1) is 16.8. The Balaban J connectivity index is 1.31. The van der Waals surface area contributed by atoms with E-state index in [-0.39, 0.29) is 23.5 Å². The molecule has 0 unspecified atom stereocenters. The minimum absolute atomic E-state index is 0.0307. The Morgan fingerprint density at radius 1 is 1.19 bits per heavy atom. The molecule has 4 heterocycles. The average molecular weight is 355 g/mol. The SMILES string of the molecule is O=C(N[C@H]1COC2(CCN(C(=O)c3ccco3)CC2)C1)c1ccccn1. The maximum Gasteiger partial charge on any atom is 0.289 e. The van der Waals surface area contributed by atoms with Crippen molar-refractivity contribution in [3.63, 3.8) is 0 Å². The predicted molar refractivity (Wildman–Crippen MR) is 92.6 cm³/mol. The first-order valence-electron chi connectivity index (χ1n) is 8.84. The molecule has 7 heteroatoms. The average Bonchev–Trinajstić information content (AvgIpc) is 3.33. The number of nitrogens with zero attached hydrogens (tertiary/aromatic N) is 2. The normalized spacial score (nSPS) is 21.7. The van der Waals surface area contributed by atoms with Crippen LogP contribution in [0.15, 0.2) is 47.2 Å². The second kappa shape index (κ2) is 6.92. The van der Waals surface area contributed by atoms with Crippen molar-refractivity contribution in [1.29, 1.82) is 0 Å². The molecule has 0 saturated carbocycles. The molecule has 1 N–H and O–H groups in total. The summed E-state index contributed by atoms with van der Waals surface area (Å²) in [4.78, 5) is 30.5. The molecule has 2 saturated heterocycles. The number of piperidine rings is 1. The molecule has 2 aliphatic rings. The number of rotatable bonds is 3. The lowest BCUT2D eigenvalue weighted by Gasteiger charge is -2.38. The van der Waals surface area contributed by atoms with Crippen LogP contribution in [0.5, 0.6) is 0 Å². The van der Waals surface area contributed by atoms with Crippen LogP contribution < -0.4 is 5.32 Å². The number of nitrogens with one attached hydrogen (secondary N) is 1. The second-order valence-electron chi connectivity index (χ2n) is 6.85. The third-order valence-corrected chi connectivity index (χ3v) is 5.14. The molecule has 2 aliphatic heterocycles. The fourth-order valence-electron chi connectivity index (χ4n) is 3.72. The molecule has 0 aromatic carbocycles. The fourth-order valence-corrected chi connectivity index (χ4v) is 3.72. The minimum Gasteiger partial charge on any atom is -0.459 e. The van der Waals surface area contributed by atoms with Crippen molar-refractivity contribution in [3.05, 3.63) is 54.2 Å². The standard InChI is InChI=1S/C19H21N3O4/c23-17(15-4-1-2-8-20-15)21-14-12-19(26-13-14)6-9-22(10-7-19)18(24)16-5-3-11-25-16/h1-5,8,11,14H,6-7,9-10,12-13H2,(H,21,23)/t14-/m1/s1. The van der Waals surface area contributed by atoms with Gasteiger partial charge in [-0.15, -0.1) is 0 Å². The zero-order valence-corrected chi connectivity index (χ0v) is 14.4. The van der Waals surface area contributed by atoms with E-state index in [0.717, 1.165) is 19.3 Å². The summed E-state index contributed by atoms with van der Waals surface area (Å²) in [6.45, 7) is 1.74. The molecular formula is C19H21N3O4. The number of carbonyl (C=O) groups is 2. The van der Waals surface area contributed by atoms with E-state index in [2.05, 4.69) is 10.3 Å². The number of amides is 2. The van der Waals surface area contributed by atoms with Crippen molar-refractivity contribution >= 4 is 11.8 Å². The number of pyridine rings is 1. The first-order chi connectivity index (χ1) is 12.7. The summed E-state index contributed by atoms with van der Waals surface area (Å²) in [5.74, 6) is 0.110. The quantitative estimate of drug-likeness (QED) is 0.909. The molecule has 136 valence electrons. The molecule has 1 spiro atoms. The number of carbonyl (C=O) groups excluding carboxylic acids is 2. The van der Waals surface area contributed by atoms with Crippen molar-refractivity contribution in [2.24, 2.45) is 0 Å². The van der Waals surface area contributed by atoms with Crippen molar-refractivity contribution in [1.82, 2.24) is 15.2 Å². The fraction of sp³-hybridized carbons (Fsp3) is 0.421. The van der Waals surface area contributed by atoms with Gasteiger partial charge in [-0.3, -0.25) is 14.6 Å². The topological polar surface area (TPSA) is 84.7 Å². The lowest BCUT2D eigenvalue weighted by Crippen LogP contribution is -2.47. The minimum atomic E-state index is -0.262. The third-order valence-electron chi connectivity index (χ3n) is 5.14. The van der Waals surface area contributed by atoms with E-state index in [0.29, 0.717) is 31.2 Å². The van der Waals surface area contributed by atoms with E-state index in [1.165, 1.54) is 6.26 Å². The van der Waals surface area contributed by atoms with Gasteiger partial charge in [-0.25, -0.2) is 0 Å². The van der Waals surface area contributed by atoms with Crippen LogP contribution in [0.3, 0.4) is 0 Å². The van der Waals surface area contributed by atoms with Crippen LogP contribution >= 0.6 is 0 Å². The van der Waals surface area contributed by atoms with Gasteiger partial charge in [-0.05, 0) is 43.5 Å². The summed E-state index contributed by atoms with van der Waals surface area (Å²) in [5, 5.41) is 3.00. The summed E-state index contributed by atoms with van der Waals surface area (Å²) in [5.41, 5.74) is 0.148.